The zero-order chi connectivity index (χ0) is 33.1. The van der Waals surface area contributed by atoms with Crippen molar-refractivity contribution < 1.29 is 4.74 Å². The Labute approximate surface area is 291 Å². The molecule has 1 spiro atoms. The molecule has 5 aromatic carbocycles. The van der Waals surface area contributed by atoms with Crippen LogP contribution in [0, 0.1) is 5.92 Å². The molecular weight excluding hydrogens is 611 g/mol. The number of fused-ring (bicyclic) bond motifs is 9. The van der Waals surface area contributed by atoms with E-state index in [4.69, 9.17) is 14.7 Å². The van der Waals surface area contributed by atoms with Crippen molar-refractivity contribution in [1.29, 1.82) is 0 Å². The first-order valence-corrected chi connectivity index (χ1v) is 17.1. The van der Waals surface area contributed by atoms with Crippen LogP contribution in [-0.2, 0) is 5.41 Å². The van der Waals surface area contributed by atoms with E-state index in [0.717, 1.165) is 56.4 Å². The molecule has 1 aliphatic heterocycles. The van der Waals surface area contributed by atoms with Crippen LogP contribution in [0.25, 0.3) is 45.2 Å². The zero-order valence-electron chi connectivity index (χ0n) is 27.1. The van der Waals surface area contributed by atoms with Crippen LogP contribution in [0.5, 0.6) is 11.5 Å². The van der Waals surface area contributed by atoms with E-state index < -0.39 is 5.41 Å². The summed E-state index contributed by atoms with van der Waals surface area (Å²) in [4.78, 5) is 14.9. The molecule has 7 aromatic rings. The van der Waals surface area contributed by atoms with E-state index in [9.17, 15) is 0 Å². The molecule has 3 atom stereocenters. The zero-order valence-corrected chi connectivity index (χ0v) is 27.1. The predicted octanol–water partition coefficient (Wildman–Crippen LogP) is 10.8. The second-order valence-corrected chi connectivity index (χ2v) is 13.1. The number of hydrogen-bond donors (Lipinski definition) is 0. The van der Waals surface area contributed by atoms with Gasteiger partial charge in [-0.3, -0.25) is 4.98 Å². The molecule has 3 aliphatic rings. The first-order chi connectivity index (χ1) is 24.8. The molecule has 0 amide bonds. The molecule has 0 bridgehead atoms. The van der Waals surface area contributed by atoms with Crippen LogP contribution in [0.3, 0.4) is 0 Å². The molecule has 4 heteroatoms. The average molecular weight is 642 g/mol. The Morgan fingerprint density at radius 1 is 0.520 bits per heavy atom. The summed E-state index contributed by atoms with van der Waals surface area (Å²) in [5, 5.41) is 0. The molecule has 0 saturated heterocycles. The van der Waals surface area contributed by atoms with Crippen LogP contribution in [-0.4, -0.2) is 15.0 Å². The fourth-order valence-corrected chi connectivity index (χ4v) is 8.38. The molecule has 236 valence electrons. The van der Waals surface area contributed by atoms with Crippen LogP contribution < -0.4 is 4.74 Å². The summed E-state index contributed by atoms with van der Waals surface area (Å²) in [7, 11) is 0. The van der Waals surface area contributed by atoms with Crippen LogP contribution in [0.1, 0.15) is 28.2 Å². The second kappa shape index (κ2) is 11.4. The number of hydrogen-bond acceptors (Lipinski definition) is 4. The number of rotatable bonds is 4. The van der Waals surface area contributed by atoms with Gasteiger partial charge in [-0.25, -0.2) is 9.97 Å². The van der Waals surface area contributed by atoms with E-state index in [2.05, 4.69) is 138 Å². The van der Waals surface area contributed by atoms with Gasteiger partial charge in [0.05, 0.1) is 22.5 Å². The Bertz CT molecular complexity index is 2470. The first kappa shape index (κ1) is 28.6. The number of aromatic nitrogens is 3. The fraction of sp³-hybridized carbons (Fsp3) is 0.0652. The maximum absolute atomic E-state index is 6.99. The summed E-state index contributed by atoms with van der Waals surface area (Å²) < 4.78 is 6.99. The number of para-hydroxylation sites is 2. The molecule has 2 aliphatic carbocycles. The monoisotopic (exact) mass is 641 g/mol. The molecule has 3 heterocycles. The van der Waals surface area contributed by atoms with E-state index >= 15 is 0 Å². The average Bonchev–Trinajstić information content (AvgIpc) is 3.49. The highest BCUT2D eigenvalue weighted by atomic mass is 16.5. The van der Waals surface area contributed by atoms with Crippen molar-refractivity contribution in [1.82, 2.24) is 15.0 Å². The lowest BCUT2D eigenvalue weighted by Gasteiger charge is -2.43. The van der Waals surface area contributed by atoms with Gasteiger partial charge >= 0.3 is 0 Å². The predicted molar refractivity (Wildman–Crippen MR) is 199 cm³/mol. The number of nitrogens with zero attached hydrogens (tertiary/aromatic N) is 3. The SMILES string of the molecule is C1=CC2c3ccccc3C3(c4ccccc4Oc4c(-c5cc(-c6ccc(-c7ccccn7)cc6)nc(-c6ccccc6)n5)cccc43)C2C=C1. The molecule has 0 saturated carbocycles. The quantitative estimate of drug-likeness (QED) is 0.192. The van der Waals surface area contributed by atoms with Gasteiger partial charge in [-0.15, -0.1) is 0 Å². The molecule has 3 unspecified atom stereocenters. The maximum Gasteiger partial charge on any atom is 0.160 e. The topological polar surface area (TPSA) is 47.9 Å². The van der Waals surface area contributed by atoms with Crippen molar-refractivity contribution in [3.8, 4) is 56.7 Å². The van der Waals surface area contributed by atoms with Crippen LogP contribution in [0.2, 0.25) is 0 Å². The highest BCUT2D eigenvalue weighted by Crippen LogP contribution is 2.65. The number of ether oxygens (including phenoxy) is 1. The normalized spacial score (nSPS) is 19.3. The molecule has 50 heavy (non-hydrogen) atoms. The van der Waals surface area contributed by atoms with Gasteiger partial charge in [0.1, 0.15) is 11.5 Å². The minimum atomic E-state index is -0.428. The molecule has 0 N–H and O–H groups in total. The van der Waals surface area contributed by atoms with Crippen LogP contribution in [0.15, 0.2) is 176 Å². The molecule has 10 rings (SSSR count). The minimum Gasteiger partial charge on any atom is -0.456 e. The number of pyridine rings is 1. The maximum atomic E-state index is 6.99. The van der Waals surface area contributed by atoms with E-state index in [1.807, 2.05) is 42.6 Å². The molecule has 0 radical (unpaired) electrons. The molecular formula is C46H31N3O. The molecule has 0 fully saturated rings. The van der Waals surface area contributed by atoms with Crippen molar-refractivity contribution in [3.63, 3.8) is 0 Å². The second-order valence-electron chi connectivity index (χ2n) is 13.1. The summed E-state index contributed by atoms with van der Waals surface area (Å²) in [5.41, 5.74) is 11.2. The third-order valence-electron chi connectivity index (χ3n) is 10.5. The van der Waals surface area contributed by atoms with Gasteiger partial charge in [0, 0.05) is 51.4 Å². The standard InChI is InChI=1S/C46H31N3O/c1-2-13-32(14-3-1)45-48-41(31-26-24-30(25-27-31)40-22-10-11-28-47-40)29-42(49-45)35-17-12-21-39-44(35)50-43-23-9-8-20-38(43)46(39)36-18-6-4-15-33(36)34-16-5-7-19-37(34)46/h1-29,33,36H. The van der Waals surface area contributed by atoms with E-state index in [1.54, 1.807) is 0 Å². The van der Waals surface area contributed by atoms with Crippen molar-refractivity contribution in [2.45, 2.75) is 11.3 Å². The van der Waals surface area contributed by atoms with Crippen molar-refractivity contribution >= 4 is 0 Å². The highest BCUT2D eigenvalue weighted by molar-refractivity contribution is 5.81. The van der Waals surface area contributed by atoms with Gasteiger partial charge in [-0.1, -0.05) is 140 Å². The van der Waals surface area contributed by atoms with E-state index in [1.165, 1.54) is 16.7 Å². The molecule has 4 nitrogen and oxygen atoms in total. The lowest BCUT2D eigenvalue weighted by Crippen LogP contribution is -2.37. The lowest BCUT2D eigenvalue weighted by atomic mass is 9.61. The Hall–Kier alpha value is -6.39. The van der Waals surface area contributed by atoms with E-state index in [0.29, 0.717) is 5.82 Å². The number of allylic oxidation sites excluding steroid dienone is 4. The first-order valence-electron chi connectivity index (χ1n) is 17.1. The molecule has 2 aromatic heterocycles. The van der Waals surface area contributed by atoms with Gasteiger partial charge in [0.15, 0.2) is 5.82 Å². The van der Waals surface area contributed by atoms with Crippen molar-refractivity contribution in [3.05, 3.63) is 198 Å². The largest absolute Gasteiger partial charge is 0.456 e. The summed E-state index contributed by atoms with van der Waals surface area (Å²) in [6, 6.07) is 50.8. The third-order valence-corrected chi connectivity index (χ3v) is 10.5. The number of benzene rings is 5. The Kier molecular flexibility index (Phi) is 6.50. The van der Waals surface area contributed by atoms with E-state index in [-0.39, 0.29) is 11.8 Å². The fourth-order valence-electron chi connectivity index (χ4n) is 8.38. The summed E-state index contributed by atoms with van der Waals surface area (Å²) in [6.45, 7) is 0. The summed E-state index contributed by atoms with van der Waals surface area (Å²) in [6.07, 6.45) is 11.0. The summed E-state index contributed by atoms with van der Waals surface area (Å²) >= 11 is 0. The van der Waals surface area contributed by atoms with Crippen molar-refractivity contribution in [2.24, 2.45) is 5.92 Å². The minimum absolute atomic E-state index is 0.197. The highest BCUT2D eigenvalue weighted by Gasteiger charge is 2.56. The third kappa shape index (κ3) is 4.28. The summed E-state index contributed by atoms with van der Waals surface area (Å²) in [5.74, 6) is 2.86. The van der Waals surface area contributed by atoms with Crippen LogP contribution in [0.4, 0.5) is 0 Å². The van der Waals surface area contributed by atoms with Gasteiger partial charge in [0.25, 0.3) is 0 Å². The Balaban J connectivity index is 1.19. The van der Waals surface area contributed by atoms with Crippen molar-refractivity contribution in [2.75, 3.05) is 0 Å². The lowest BCUT2D eigenvalue weighted by molar-refractivity contribution is 0.375. The van der Waals surface area contributed by atoms with Gasteiger partial charge in [-0.2, -0.15) is 0 Å². The van der Waals surface area contributed by atoms with Gasteiger partial charge in [0.2, 0.25) is 0 Å². The van der Waals surface area contributed by atoms with Gasteiger partial charge < -0.3 is 4.74 Å². The Morgan fingerprint density at radius 3 is 2.06 bits per heavy atom. The smallest absolute Gasteiger partial charge is 0.160 e. The van der Waals surface area contributed by atoms with Crippen LogP contribution >= 0.6 is 0 Å². The van der Waals surface area contributed by atoms with Gasteiger partial charge in [-0.05, 0) is 41.5 Å². The Morgan fingerprint density at radius 2 is 1.22 bits per heavy atom.